The standard InChI is InChI=1S/C14H12F3N3O3/c1-8(10-3-2-6-23-10)19-12(21)13(22)20-9-4-5-11(18-7-9)14(15,16)17/h2-8H,1H3,(H,19,21)(H,20,22). The highest BCUT2D eigenvalue weighted by Crippen LogP contribution is 2.27. The molecule has 9 heteroatoms. The number of nitrogens with one attached hydrogen (secondary N) is 2. The molecule has 0 bridgehead atoms. The molecule has 1 atom stereocenters. The van der Waals surface area contributed by atoms with E-state index in [0.29, 0.717) is 11.8 Å². The van der Waals surface area contributed by atoms with E-state index in [1.807, 2.05) is 0 Å². The fourth-order valence-electron chi connectivity index (χ4n) is 1.69. The van der Waals surface area contributed by atoms with E-state index in [0.717, 1.165) is 12.3 Å². The van der Waals surface area contributed by atoms with Gasteiger partial charge in [-0.15, -0.1) is 0 Å². The third-order valence-corrected chi connectivity index (χ3v) is 2.84. The van der Waals surface area contributed by atoms with E-state index in [4.69, 9.17) is 4.42 Å². The zero-order valence-corrected chi connectivity index (χ0v) is 11.8. The van der Waals surface area contributed by atoms with Gasteiger partial charge in [-0.2, -0.15) is 13.2 Å². The number of anilines is 1. The summed E-state index contributed by atoms with van der Waals surface area (Å²) in [6.45, 7) is 1.61. The number of amides is 2. The smallest absolute Gasteiger partial charge is 0.433 e. The summed E-state index contributed by atoms with van der Waals surface area (Å²) in [5.74, 6) is -1.51. The van der Waals surface area contributed by atoms with E-state index in [-0.39, 0.29) is 5.69 Å². The molecule has 23 heavy (non-hydrogen) atoms. The summed E-state index contributed by atoms with van der Waals surface area (Å²) in [7, 11) is 0. The summed E-state index contributed by atoms with van der Waals surface area (Å²) >= 11 is 0. The highest BCUT2D eigenvalue weighted by molar-refractivity contribution is 6.39. The fraction of sp³-hybridized carbons (Fsp3) is 0.214. The molecule has 2 rings (SSSR count). The Labute approximate surface area is 128 Å². The van der Waals surface area contributed by atoms with E-state index in [9.17, 15) is 22.8 Å². The number of rotatable bonds is 3. The van der Waals surface area contributed by atoms with Gasteiger partial charge in [0.05, 0.1) is 24.2 Å². The van der Waals surface area contributed by atoms with Crippen LogP contribution in [-0.2, 0) is 15.8 Å². The van der Waals surface area contributed by atoms with Crippen LogP contribution in [-0.4, -0.2) is 16.8 Å². The second-order valence-electron chi connectivity index (χ2n) is 4.59. The molecule has 2 aromatic heterocycles. The van der Waals surface area contributed by atoms with Crippen LogP contribution in [0.4, 0.5) is 18.9 Å². The molecule has 2 heterocycles. The Kier molecular flexibility index (Phi) is 4.68. The van der Waals surface area contributed by atoms with Crippen LogP contribution in [0.2, 0.25) is 0 Å². The van der Waals surface area contributed by atoms with E-state index < -0.39 is 29.7 Å². The first kappa shape index (κ1) is 16.5. The van der Waals surface area contributed by atoms with Gasteiger partial charge in [0.2, 0.25) is 0 Å². The van der Waals surface area contributed by atoms with Crippen molar-refractivity contribution in [2.75, 3.05) is 5.32 Å². The second kappa shape index (κ2) is 6.51. The van der Waals surface area contributed by atoms with Crippen LogP contribution in [0.3, 0.4) is 0 Å². The molecule has 0 aliphatic carbocycles. The average Bonchev–Trinajstić information content (AvgIpc) is 3.01. The molecule has 0 fully saturated rings. The third kappa shape index (κ3) is 4.31. The van der Waals surface area contributed by atoms with Gasteiger partial charge < -0.3 is 15.1 Å². The summed E-state index contributed by atoms with van der Waals surface area (Å²) in [5.41, 5.74) is -1.12. The highest BCUT2D eigenvalue weighted by Gasteiger charge is 2.32. The van der Waals surface area contributed by atoms with Crippen molar-refractivity contribution in [2.45, 2.75) is 19.1 Å². The van der Waals surface area contributed by atoms with Gasteiger partial charge in [0, 0.05) is 0 Å². The SMILES string of the molecule is CC(NC(=O)C(=O)Nc1ccc(C(F)(F)F)nc1)c1ccco1. The number of halogens is 3. The predicted molar refractivity (Wildman–Crippen MR) is 73.1 cm³/mol. The molecule has 1 unspecified atom stereocenters. The lowest BCUT2D eigenvalue weighted by Crippen LogP contribution is -2.36. The number of furan rings is 1. The van der Waals surface area contributed by atoms with Crippen molar-refractivity contribution in [1.29, 1.82) is 0 Å². The van der Waals surface area contributed by atoms with Gasteiger partial charge in [-0.3, -0.25) is 9.59 Å². The van der Waals surface area contributed by atoms with Crippen LogP contribution < -0.4 is 10.6 Å². The minimum absolute atomic E-state index is 0.0243. The number of pyridine rings is 1. The molecule has 6 nitrogen and oxygen atoms in total. The van der Waals surface area contributed by atoms with Crippen molar-refractivity contribution < 1.29 is 27.2 Å². The Hall–Kier alpha value is -2.84. The molecular formula is C14H12F3N3O3. The molecule has 0 radical (unpaired) electrons. The molecule has 2 aromatic rings. The molecule has 2 amide bonds. The van der Waals surface area contributed by atoms with E-state index in [1.165, 1.54) is 6.26 Å². The second-order valence-corrected chi connectivity index (χ2v) is 4.59. The Balaban J connectivity index is 1.94. The molecule has 0 aromatic carbocycles. The van der Waals surface area contributed by atoms with Crippen LogP contribution in [0.1, 0.15) is 24.4 Å². The molecule has 0 spiro atoms. The van der Waals surface area contributed by atoms with E-state index in [1.54, 1.807) is 19.1 Å². The van der Waals surface area contributed by atoms with Crippen LogP contribution >= 0.6 is 0 Å². The molecule has 122 valence electrons. The zero-order valence-electron chi connectivity index (χ0n) is 11.8. The third-order valence-electron chi connectivity index (χ3n) is 2.84. The number of carbonyl (C=O) groups is 2. The van der Waals surface area contributed by atoms with Gasteiger partial charge in [-0.25, -0.2) is 4.98 Å². The predicted octanol–water partition coefficient (Wildman–Crippen LogP) is 2.51. The van der Waals surface area contributed by atoms with Crippen LogP contribution in [0, 0.1) is 0 Å². The van der Waals surface area contributed by atoms with Crippen molar-refractivity contribution >= 4 is 17.5 Å². The quantitative estimate of drug-likeness (QED) is 0.849. The minimum atomic E-state index is -4.57. The normalized spacial score (nSPS) is 12.5. The van der Waals surface area contributed by atoms with Gasteiger partial charge in [0.25, 0.3) is 0 Å². The van der Waals surface area contributed by atoms with Crippen molar-refractivity contribution in [3.63, 3.8) is 0 Å². The van der Waals surface area contributed by atoms with Crippen molar-refractivity contribution in [3.8, 4) is 0 Å². The number of hydrogen-bond acceptors (Lipinski definition) is 4. The summed E-state index contributed by atoms with van der Waals surface area (Å²) in [4.78, 5) is 26.6. The Morgan fingerprint density at radius 3 is 2.48 bits per heavy atom. The molecule has 0 aliphatic heterocycles. The van der Waals surface area contributed by atoms with E-state index >= 15 is 0 Å². The first-order valence-electron chi connectivity index (χ1n) is 6.46. The maximum absolute atomic E-state index is 12.4. The van der Waals surface area contributed by atoms with Crippen LogP contribution in [0.15, 0.2) is 41.1 Å². The van der Waals surface area contributed by atoms with Gasteiger partial charge >= 0.3 is 18.0 Å². The first-order valence-corrected chi connectivity index (χ1v) is 6.46. The first-order chi connectivity index (χ1) is 10.8. The van der Waals surface area contributed by atoms with Gasteiger partial charge in [0.1, 0.15) is 11.5 Å². The van der Waals surface area contributed by atoms with Crippen LogP contribution in [0.5, 0.6) is 0 Å². The van der Waals surface area contributed by atoms with Gasteiger partial charge in [0.15, 0.2) is 0 Å². The molecule has 0 aliphatic rings. The molecule has 2 N–H and O–H groups in total. The summed E-state index contributed by atoms with van der Waals surface area (Å²) in [6.07, 6.45) is -2.33. The number of alkyl halides is 3. The number of nitrogens with zero attached hydrogens (tertiary/aromatic N) is 1. The maximum Gasteiger partial charge on any atom is 0.433 e. The monoisotopic (exact) mass is 327 g/mol. The van der Waals surface area contributed by atoms with Gasteiger partial charge in [-0.1, -0.05) is 0 Å². The van der Waals surface area contributed by atoms with Crippen LogP contribution in [0.25, 0.3) is 0 Å². The number of aromatic nitrogens is 1. The van der Waals surface area contributed by atoms with E-state index in [2.05, 4.69) is 15.6 Å². The topological polar surface area (TPSA) is 84.2 Å². The van der Waals surface area contributed by atoms with Crippen molar-refractivity contribution in [3.05, 3.63) is 48.2 Å². The summed E-state index contributed by atoms with van der Waals surface area (Å²) in [5, 5.41) is 4.55. The average molecular weight is 327 g/mol. The Bertz CT molecular complexity index is 682. The minimum Gasteiger partial charge on any atom is -0.467 e. The summed E-state index contributed by atoms with van der Waals surface area (Å²) < 4.78 is 42.2. The zero-order chi connectivity index (χ0) is 17.0. The Morgan fingerprint density at radius 1 is 1.22 bits per heavy atom. The lowest BCUT2D eigenvalue weighted by Gasteiger charge is -2.11. The Morgan fingerprint density at radius 2 is 1.96 bits per heavy atom. The largest absolute Gasteiger partial charge is 0.467 e. The fourth-order valence-corrected chi connectivity index (χ4v) is 1.69. The van der Waals surface area contributed by atoms with Gasteiger partial charge in [-0.05, 0) is 31.2 Å². The van der Waals surface area contributed by atoms with Crippen molar-refractivity contribution in [1.82, 2.24) is 10.3 Å². The lowest BCUT2D eigenvalue weighted by molar-refractivity contribution is -0.141. The lowest BCUT2D eigenvalue weighted by atomic mass is 10.2. The van der Waals surface area contributed by atoms with Crippen molar-refractivity contribution in [2.24, 2.45) is 0 Å². The number of carbonyl (C=O) groups excluding carboxylic acids is 2. The number of hydrogen-bond donors (Lipinski definition) is 2. The molecule has 0 saturated heterocycles. The maximum atomic E-state index is 12.4. The summed E-state index contributed by atoms with van der Waals surface area (Å²) in [6, 6.07) is 4.44. The molecular weight excluding hydrogens is 315 g/mol. The molecule has 0 saturated carbocycles. The highest BCUT2D eigenvalue weighted by atomic mass is 19.4.